The molecule has 0 radical (unpaired) electrons. The third-order valence-corrected chi connectivity index (χ3v) is 5.97. The van der Waals surface area contributed by atoms with Gasteiger partial charge in [-0.05, 0) is 49.6 Å². The lowest BCUT2D eigenvalue weighted by atomic mass is 10.2. The molecule has 3 aromatic rings. The molecule has 0 bridgehead atoms. The van der Waals surface area contributed by atoms with Gasteiger partial charge in [0.25, 0.3) is 5.91 Å². The summed E-state index contributed by atoms with van der Waals surface area (Å²) in [6.07, 6.45) is 1.45. The van der Waals surface area contributed by atoms with Gasteiger partial charge in [-0.2, -0.15) is 0 Å². The van der Waals surface area contributed by atoms with Crippen LogP contribution >= 0.6 is 22.9 Å². The van der Waals surface area contributed by atoms with Crippen molar-refractivity contribution in [2.45, 2.75) is 26.2 Å². The minimum Gasteiger partial charge on any atom is -0.456 e. The van der Waals surface area contributed by atoms with Crippen molar-refractivity contribution in [1.82, 2.24) is 10.3 Å². The molecular weight excluding hydrogens is 438 g/mol. The second-order valence-electron chi connectivity index (χ2n) is 6.83. The summed E-state index contributed by atoms with van der Waals surface area (Å²) in [6, 6.07) is 13.0. The number of carbonyl (C=O) groups is 3. The van der Waals surface area contributed by atoms with E-state index in [0.29, 0.717) is 23.6 Å². The Balaban J connectivity index is 1.32. The van der Waals surface area contributed by atoms with Crippen LogP contribution < -0.4 is 10.6 Å². The quantitative estimate of drug-likeness (QED) is 0.473. The van der Waals surface area contributed by atoms with E-state index in [1.807, 2.05) is 24.3 Å². The van der Waals surface area contributed by atoms with Crippen molar-refractivity contribution in [2.75, 3.05) is 18.5 Å². The topological polar surface area (TPSA) is 97.4 Å². The highest BCUT2D eigenvalue weighted by molar-refractivity contribution is 7.18. The second-order valence-corrected chi connectivity index (χ2v) is 8.35. The summed E-state index contributed by atoms with van der Waals surface area (Å²) < 4.78 is 6.09. The maximum Gasteiger partial charge on any atom is 0.306 e. The third kappa shape index (κ3) is 6.77. The number of hydrogen-bond acceptors (Lipinski definition) is 6. The van der Waals surface area contributed by atoms with Gasteiger partial charge in [-0.3, -0.25) is 14.4 Å². The molecule has 1 aromatic heterocycles. The Morgan fingerprint density at radius 1 is 1.10 bits per heavy atom. The maximum atomic E-state index is 12.0. The van der Waals surface area contributed by atoms with Crippen LogP contribution in [0.2, 0.25) is 5.02 Å². The summed E-state index contributed by atoms with van der Waals surface area (Å²) in [6.45, 7) is 1.12. The molecule has 3 rings (SSSR count). The number of thiazole rings is 1. The Morgan fingerprint density at radius 3 is 2.71 bits per heavy atom. The van der Waals surface area contributed by atoms with Crippen molar-refractivity contribution in [3.63, 3.8) is 0 Å². The molecule has 0 atom stereocenters. The first-order valence-electron chi connectivity index (χ1n) is 9.74. The lowest BCUT2D eigenvalue weighted by Crippen LogP contribution is -2.35. The SMILES string of the molecule is Cc1c(Cl)cccc1NC(=O)CNC(=O)COC(=O)CCCc1nc2ccccc2s1. The molecule has 0 saturated heterocycles. The molecule has 2 amide bonds. The van der Waals surface area contributed by atoms with E-state index in [1.54, 1.807) is 36.5 Å². The highest BCUT2D eigenvalue weighted by atomic mass is 35.5. The van der Waals surface area contributed by atoms with Crippen LogP contribution in [-0.2, 0) is 25.5 Å². The van der Waals surface area contributed by atoms with Crippen LogP contribution in [0.15, 0.2) is 42.5 Å². The van der Waals surface area contributed by atoms with Crippen molar-refractivity contribution in [3.8, 4) is 0 Å². The van der Waals surface area contributed by atoms with E-state index in [4.69, 9.17) is 16.3 Å². The average molecular weight is 460 g/mol. The molecule has 9 heteroatoms. The number of anilines is 1. The van der Waals surface area contributed by atoms with Gasteiger partial charge in [-0.1, -0.05) is 29.8 Å². The van der Waals surface area contributed by atoms with Crippen molar-refractivity contribution < 1.29 is 19.1 Å². The molecule has 0 fully saturated rings. The second kappa shape index (κ2) is 10.9. The van der Waals surface area contributed by atoms with E-state index in [2.05, 4.69) is 15.6 Å². The van der Waals surface area contributed by atoms with Gasteiger partial charge in [0.2, 0.25) is 5.91 Å². The first-order valence-corrected chi connectivity index (χ1v) is 10.9. The molecule has 0 saturated carbocycles. The van der Waals surface area contributed by atoms with E-state index in [1.165, 1.54) is 0 Å². The fraction of sp³-hybridized carbons (Fsp3) is 0.273. The number of aryl methyl sites for hydroxylation is 1. The Morgan fingerprint density at radius 2 is 1.90 bits per heavy atom. The molecule has 2 N–H and O–H groups in total. The predicted octanol–water partition coefficient (Wildman–Crippen LogP) is 3.88. The van der Waals surface area contributed by atoms with Gasteiger partial charge >= 0.3 is 5.97 Å². The monoisotopic (exact) mass is 459 g/mol. The number of ether oxygens (including phenoxy) is 1. The van der Waals surface area contributed by atoms with Gasteiger partial charge in [0.1, 0.15) is 0 Å². The van der Waals surface area contributed by atoms with Crippen molar-refractivity contribution in [1.29, 1.82) is 0 Å². The first-order chi connectivity index (χ1) is 14.9. The Kier molecular flexibility index (Phi) is 7.97. The minimum absolute atomic E-state index is 0.192. The summed E-state index contributed by atoms with van der Waals surface area (Å²) >= 11 is 7.62. The largest absolute Gasteiger partial charge is 0.456 e. The molecule has 162 valence electrons. The zero-order valence-electron chi connectivity index (χ0n) is 16.9. The van der Waals surface area contributed by atoms with Gasteiger partial charge in [0, 0.05) is 17.1 Å². The Hall–Kier alpha value is -2.97. The van der Waals surface area contributed by atoms with E-state index in [-0.39, 0.29) is 13.0 Å². The fourth-order valence-corrected chi connectivity index (χ4v) is 3.98. The van der Waals surface area contributed by atoms with Crippen molar-refractivity contribution >= 4 is 56.6 Å². The zero-order chi connectivity index (χ0) is 22.2. The van der Waals surface area contributed by atoms with Gasteiger partial charge in [0.05, 0.1) is 21.8 Å². The lowest BCUT2D eigenvalue weighted by Gasteiger charge is -2.10. The van der Waals surface area contributed by atoms with E-state index < -0.39 is 24.4 Å². The molecule has 0 aliphatic heterocycles. The normalized spacial score (nSPS) is 10.6. The molecule has 31 heavy (non-hydrogen) atoms. The summed E-state index contributed by atoms with van der Waals surface area (Å²) in [5, 5.41) is 6.60. The highest BCUT2D eigenvalue weighted by Crippen LogP contribution is 2.23. The number of rotatable bonds is 9. The predicted molar refractivity (Wildman–Crippen MR) is 121 cm³/mol. The third-order valence-electron chi connectivity index (χ3n) is 4.46. The van der Waals surface area contributed by atoms with E-state index in [0.717, 1.165) is 20.8 Å². The van der Waals surface area contributed by atoms with Crippen LogP contribution in [0.25, 0.3) is 10.2 Å². The highest BCUT2D eigenvalue weighted by Gasteiger charge is 2.11. The van der Waals surface area contributed by atoms with Gasteiger partial charge in [0.15, 0.2) is 6.61 Å². The Labute approximate surface area is 188 Å². The number of hydrogen-bond donors (Lipinski definition) is 2. The smallest absolute Gasteiger partial charge is 0.306 e. The van der Waals surface area contributed by atoms with Crippen LogP contribution in [-0.4, -0.2) is 35.9 Å². The van der Waals surface area contributed by atoms with Crippen LogP contribution in [0.4, 0.5) is 5.69 Å². The Bertz CT molecular complexity index is 1070. The number of benzene rings is 2. The molecule has 0 aliphatic rings. The maximum absolute atomic E-state index is 12.0. The van der Waals surface area contributed by atoms with Gasteiger partial charge in [-0.25, -0.2) is 4.98 Å². The number of carbonyl (C=O) groups excluding carboxylic acids is 3. The molecule has 0 aliphatic carbocycles. The number of nitrogens with one attached hydrogen (secondary N) is 2. The van der Waals surface area contributed by atoms with Crippen LogP contribution in [0.5, 0.6) is 0 Å². The lowest BCUT2D eigenvalue weighted by molar-refractivity contribution is -0.148. The summed E-state index contributed by atoms with van der Waals surface area (Å²) in [5.41, 5.74) is 2.27. The van der Waals surface area contributed by atoms with Crippen molar-refractivity contribution in [2.24, 2.45) is 0 Å². The van der Waals surface area contributed by atoms with Crippen molar-refractivity contribution in [3.05, 3.63) is 58.1 Å². The van der Waals surface area contributed by atoms with E-state index in [9.17, 15) is 14.4 Å². The molecule has 2 aromatic carbocycles. The number of fused-ring (bicyclic) bond motifs is 1. The van der Waals surface area contributed by atoms with E-state index >= 15 is 0 Å². The zero-order valence-corrected chi connectivity index (χ0v) is 18.5. The first kappa shape index (κ1) is 22.7. The average Bonchev–Trinajstić information content (AvgIpc) is 3.17. The van der Waals surface area contributed by atoms with Crippen LogP contribution in [0.1, 0.15) is 23.4 Å². The van der Waals surface area contributed by atoms with Crippen LogP contribution in [0.3, 0.4) is 0 Å². The molecule has 0 spiro atoms. The molecular formula is C22H22ClN3O4S. The van der Waals surface area contributed by atoms with Gasteiger partial charge < -0.3 is 15.4 Å². The van der Waals surface area contributed by atoms with Crippen LogP contribution in [0, 0.1) is 6.92 Å². The summed E-state index contributed by atoms with van der Waals surface area (Å²) in [7, 11) is 0. The number of amides is 2. The number of para-hydroxylation sites is 1. The number of esters is 1. The number of nitrogens with zero attached hydrogens (tertiary/aromatic N) is 1. The molecule has 0 unspecified atom stereocenters. The number of halogens is 1. The molecule has 7 nitrogen and oxygen atoms in total. The van der Waals surface area contributed by atoms with Gasteiger partial charge in [-0.15, -0.1) is 11.3 Å². The fourth-order valence-electron chi connectivity index (χ4n) is 2.80. The molecule has 1 heterocycles. The summed E-state index contributed by atoms with van der Waals surface area (Å²) in [5.74, 6) is -1.41. The number of aromatic nitrogens is 1. The standard InChI is InChI=1S/C22H22ClN3O4S/c1-14-15(23)6-4-8-16(14)25-19(27)12-24-20(28)13-30-22(29)11-5-10-21-26-17-7-2-3-9-18(17)31-21/h2-4,6-9H,5,10-13H2,1H3,(H,24,28)(H,25,27). The summed E-state index contributed by atoms with van der Waals surface area (Å²) in [4.78, 5) is 40.2. The minimum atomic E-state index is -0.544.